The third kappa shape index (κ3) is 6.97. The average molecular weight is 422 g/mol. The van der Waals surface area contributed by atoms with Crippen molar-refractivity contribution in [2.24, 2.45) is 10.9 Å². The van der Waals surface area contributed by atoms with Crippen LogP contribution in [0.3, 0.4) is 0 Å². The first-order valence-electron chi connectivity index (χ1n) is 10.6. The van der Waals surface area contributed by atoms with E-state index in [2.05, 4.69) is 50.9 Å². The summed E-state index contributed by atoms with van der Waals surface area (Å²) in [6, 6.07) is 11.1. The highest BCUT2D eigenvalue weighted by atomic mass is 32.2. The summed E-state index contributed by atoms with van der Waals surface area (Å²) in [5.41, 5.74) is 1.37. The average Bonchev–Trinajstić information content (AvgIpc) is 2.73. The summed E-state index contributed by atoms with van der Waals surface area (Å²) in [6.45, 7) is 5.28. The van der Waals surface area contributed by atoms with Crippen molar-refractivity contribution in [3.63, 3.8) is 0 Å². The second-order valence-electron chi connectivity index (χ2n) is 8.24. The van der Waals surface area contributed by atoms with Gasteiger partial charge in [0.15, 0.2) is 5.96 Å². The monoisotopic (exact) mass is 421 g/mol. The quantitative estimate of drug-likeness (QED) is 0.538. The number of likely N-dealkylation sites (tertiary alicyclic amines) is 1. The molecule has 3 rings (SSSR count). The maximum absolute atomic E-state index is 11.6. The molecule has 0 unspecified atom stereocenters. The minimum atomic E-state index is -3.06. The summed E-state index contributed by atoms with van der Waals surface area (Å²) in [7, 11) is -1.24. The molecule has 0 radical (unpaired) electrons. The Morgan fingerprint density at radius 3 is 2.31 bits per heavy atom. The molecule has 1 aromatic carbocycles. The molecule has 1 aromatic rings. The highest BCUT2D eigenvalue weighted by Crippen LogP contribution is 2.18. The molecule has 2 aliphatic heterocycles. The number of benzene rings is 1. The van der Waals surface area contributed by atoms with Gasteiger partial charge in [-0.05, 0) is 37.2 Å². The van der Waals surface area contributed by atoms with E-state index in [1.54, 1.807) is 4.31 Å². The van der Waals surface area contributed by atoms with Crippen molar-refractivity contribution in [3.05, 3.63) is 35.9 Å². The molecule has 0 spiro atoms. The van der Waals surface area contributed by atoms with Gasteiger partial charge in [-0.2, -0.15) is 0 Å². The van der Waals surface area contributed by atoms with E-state index in [0.717, 1.165) is 57.8 Å². The number of rotatable bonds is 6. The van der Waals surface area contributed by atoms with Gasteiger partial charge in [0.2, 0.25) is 10.0 Å². The van der Waals surface area contributed by atoms with E-state index in [1.165, 1.54) is 11.8 Å². The zero-order valence-corrected chi connectivity index (χ0v) is 18.5. The lowest BCUT2D eigenvalue weighted by Crippen LogP contribution is -2.50. The topological polar surface area (TPSA) is 77.0 Å². The predicted octanol–water partition coefficient (Wildman–Crippen LogP) is 1.49. The van der Waals surface area contributed by atoms with Gasteiger partial charge in [-0.1, -0.05) is 30.3 Å². The van der Waals surface area contributed by atoms with Gasteiger partial charge in [-0.15, -0.1) is 0 Å². The van der Waals surface area contributed by atoms with E-state index >= 15 is 0 Å². The van der Waals surface area contributed by atoms with Gasteiger partial charge >= 0.3 is 0 Å². The van der Waals surface area contributed by atoms with Crippen LogP contribution in [0.15, 0.2) is 35.3 Å². The standard InChI is InChI=1S/C21H35N5O2S/c1-22-21(23-16-18-8-14-26(15-9-18)29(2,27)28)24-20-10-12-25(13-11-20)17-19-6-4-3-5-7-19/h3-7,18,20H,8-17H2,1-2H3,(H2,22,23,24). The summed E-state index contributed by atoms with van der Waals surface area (Å²) in [5, 5.41) is 7.02. The van der Waals surface area contributed by atoms with E-state index in [4.69, 9.17) is 0 Å². The molecule has 0 aromatic heterocycles. The lowest BCUT2D eigenvalue weighted by atomic mass is 9.98. The van der Waals surface area contributed by atoms with E-state index < -0.39 is 10.0 Å². The Balaban J connectivity index is 1.36. The molecule has 162 valence electrons. The van der Waals surface area contributed by atoms with Gasteiger partial charge < -0.3 is 10.6 Å². The third-order valence-electron chi connectivity index (χ3n) is 6.00. The van der Waals surface area contributed by atoms with Crippen molar-refractivity contribution >= 4 is 16.0 Å². The molecular formula is C21H35N5O2S. The number of guanidine groups is 1. The van der Waals surface area contributed by atoms with Crippen molar-refractivity contribution in [2.45, 2.75) is 38.3 Å². The van der Waals surface area contributed by atoms with Gasteiger partial charge in [0.1, 0.15) is 0 Å². The second-order valence-corrected chi connectivity index (χ2v) is 10.2. The Morgan fingerprint density at radius 2 is 1.72 bits per heavy atom. The van der Waals surface area contributed by atoms with Crippen LogP contribution in [0, 0.1) is 5.92 Å². The van der Waals surface area contributed by atoms with Crippen molar-refractivity contribution in [2.75, 3.05) is 46.0 Å². The van der Waals surface area contributed by atoms with Gasteiger partial charge in [0, 0.05) is 52.4 Å². The smallest absolute Gasteiger partial charge is 0.211 e. The lowest BCUT2D eigenvalue weighted by molar-refractivity contribution is 0.198. The number of nitrogens with one attached hydrogen (secondary N) is 2. The number of aliphatic imine (C=N–C) groups is 1. The summed E-state index contributed by atoms with van der Waals surface area (Å²) in [5.74, 6) is 1.34. The fourth-order valence-corrected chi connectivity index (χ4v) is 5.03. The summed E-state index contributed by atoms with van der Waals surface area (Å²) in [6.07, 6.45) is 5.31. The number of hydrogen-bond donors (Lipinski definition) is 2. The van der Waals surface area contributed by atoms with Crippen LogP contribution in [0.4, 0.5) is 0 Å². The molecule has 0 aliphatic carbocycles. The highest BCUT2D eigenvalue weighted by Gasteiger charge is 2.25. The highest BCUT2D eigenvalue weighted by molar-refractivity contribution is 7.88. The summed E-state index contributed by atoms with van der Waals surface area (Å²) >= 11 is 0. The van der Waals surface area contributed by atoms with Crippen molar-refractivity contribution in [1.29, 1.82) is 0 Å². The molecule has 7 nitrogen and oxygen atoms in total. The van der Waals surface area contributed by atoms with Crippen LogP contribution < -0.4 is 10.6 Å². The van der Waals surface area contributed by atoms with Crippen LogP contribution in [0.2, 0.25) is 0 Å². The summed E-state index contributed by atoms with van der Waals surface area (Å²) < 4.78 is 24.8. The van der Waals surface area contributed by atoms with E-state index in [-0.39, 0.29) is 0 Å². The molecule has 2 fully saturated rings. The number of sulfonamides is 1. The molecule has 0 bridgehead atoms. The Hall–Kier alpha value is -1.64. The first-order chi connectivity index (χ1) is 13.9. The number of nitrogens with zero attached hydrogens (tertiary/aromatic N) is 3. The maximum Gasteiger partial charge on any atom is 0.211 e. The van der Waals surface area contributed by atoms with Crippen LogP contribution >= 0.6 is 0 Å². The molecule has 0 saturated carbocycles. The van der Waals surface area contributed by atoms with Gasteiger partial charge in [0.25, 0.3) is 0 Å². The lowest BCUT2D eigenvalue weighted by Gasteiger charge is -2.34. The van der Waals surface area contributed by atoms with Gasteiger partial charge in [0.05, 0.1) is 6.26 Å². The van der Waals surface area contributed by atoms with Crippen LogP contribution in [0.1, 0.15) is 31.2 Å². The van der Waals surface area contributed by atoms with Crippen LogP contribution in [0.5, 0.6) is 0 Å². The third-order valence-corrected chi connectivity index (χ3v) is 7.30. The minimum Gasteiger partial charge on any atom is -0.356 e. The largest absolute Gasteiger partial charge is 0.356 e. The SMILES string of the molecule is CN=C(NCC1CCN(S(C)(=O)=O)CC1)NC1CCN(Cc2ccccc2)CC1. The van der Waals surface area contributed by atoms with E-state index in [1.807, 2.05) is 7.05 Å². The molecule has 2 saturated heterocycles. The molecule has 0 amide bonds. The Bertz CT molecular complexity index is 753. The molecule has 0 atom stereocenters. The molecule has 2 N–H and O–H groups in total. The van der Waals surface area contributed by atoms with E-state index in [0.29, 0.717) is 25.0 Å². The van der Waals surface area contributed by atoms with Crippen molar-refractivity contribution < 1.29 is 8.42 Å². The first-order valence-corrected chi connectivity index (χ1v) is 12.5. The zero-order chi connectivity index (χ0) is 20.7. The van der Waals surface area contributed by atoms with Crippen molar-refractivity contribution in [3.8, 4) is 0 Å². The number of piperidine rings is 2. The molecule has 8 heteroatoms. The predicted molar refractivity (Wildman–Crippen MR) is 118 cm³/mol. The Morgan fingerprint density at radius 1 is 1.07 bits per heavy atom. The summed E-state index contributed by atoms with van der Waals surface area (Å²) in [4.78, 5) is 6.90. The second kappa shape index (κ2) is 10.4. The van der Waals surface area contributed by atoms with Crippen LogP contribution in [0.25, 0.3) is 0 Å². The van der Waals surface area contributed by atoms with Crippen LogP contribution in [-0.2, 0) is 16.6 Å². The molecule has 29 heavy (non-hydrogen) atoms. The normalized spacial score (nSPS) is 21.2. The fourth-order valence-electron chi connectivity index (χ4n) is 4.15. The first kappa shape index (κ1) is 22.1. The van der Waals surface area contributed by atoms with E-state index in [9.17, 15) is 8.42 Å². The number of hydrogen-bond acceptors (Lipinski definition) is 4. The zero-order valence-electron chi connectivity index (χ0n) is 17.7. The van der Waals surface area contributed by atoms with Gasteiger partial charge in [-0.3, -0.25) is 9.89 Å². The molecule has 2 aliphatic rings. The van der Waals surface area contributed by atoms with Crippen LogP contribution in [-0.4, -0.2) is 75.7 Å². The Labute approximate surface area is 175 Å². The van der Waals surface area contributed by atoms with Gasteiger partial charge in [-0.25, -0.2) is 12.7 Å². The Kier molecular flexibility index (Phi) is 7.91. The minimum absolute atomic E-state index is 0.445. The maximum atomic E-state index is 11.6. The van der Waals surface area contributed by atoms with Crippen molar-refractivity contribution in [1.82, 2.24) is 19.8 Å². The molecule has 2 heterocycles. The fraction of sp³-hybridized carbons (Fsp3) is 0.667. The molecular weight excluding hydrogens is 386 g/mol.